The van der Waals surface area contributed by atoms with E-state index in [-0.39, 0.29) is 24.6 Å². The molecule has 0 unspecified atom stereocenters. The second kappa shape index (κ2) is 10.7. The molecule has 2 heterocycles. The largest absolute Gasteiger partial charge is 0.465 e. The van der Waals surface area contributed by atoms with E-state index in [1.807, 2.05) is 5.32 Å². The number of amides is 2. The molecule has 1 aliphatic rings. The molecule has 0 bridgehead atoms. The molecule has 2 aromatic carbocycles. The Morgan fingerprint density at radius 2 is 1.84 bits per heavy atom. The van der Waals surface area contributed by atoms with Gasteiger partial charge in [0.25, 0.3) is 5.56 Å². The Bertz CT molecular complexity index is 1440. The van der Waals surface area contributed by atoms with Crippen LogP contribution in [0, 0.1) is 5.41 Å². The number of fused-ring (bicyclic) bond motifs is 1. The summed E-state index contributed by atoms with van der Waals surface area (Å²) in [5.41, 5.74) is 0.175. The standard InChI is InChI=1S/C25H23F3N6O4/c26-25(27,28)17-3-1-2-15(10-17)12-30-18-13-31-20-9-8-19(34(20)23(18)36)22(35)32-11-14-4-6-16(7-5-14)21(29)33-24(37)38/h1-7,10,13,19,30H,8-9,11-12H2,(H2,29,33)(H,32,35)(H,37,38)/t19-/m0/s1. The van der Waals surface area contributed by atoms with Crippen LogP contribution in [0.5, 0.6) is 0 Å². The van der Waals surface area contributed by atoms with Crippen molar-refractivity contribution in [1.82, 2.24) is 20.2 Å². The molecule has 5 N–H and O–H groups in total. The Morgan fingerprint density at radius 1 is 1.11 bits per heavy atom. The van der Waals surface area contributed by atoms with Crippen molar-refractivity contribution in [1.29, 1.82) is 5.41 Å². The fourth-order valence-corrected chi connectivity index (χ4v) is 4.10. The second-order valence-electron chi connectivity index (χ2n) is 8.59. The second-order valence-corrected chi connectivity index (χ2v) is 8.59. The lowest BCUT2D eigenvalue weighted by atomic mass is 10.1. The molecule has 198 valence electrons. The number of alkyl halides is 3. The van der Waals surface area contributed by atoms with E-state index < -0.39 is 35.3 Å². The van der Waals surface area contributed by atoms with Gasteiger partial charge in [0.1, 0.15) is 23.4 Å². The van der Waals surface area contributed by atoms with Crippen molar-refractivity contribution in [3.8, 4) is 0 Å². The Morgan fingerprint density at radius 3 is 2.53 bits per heavy atom. The molecule has 10 nitrogen and oxygen atoms in total. The van der Waals surface area contributed by atoms with Crippen LogP contribution in [-0.4, -0.2) is 32.5 Å². The Balaban J connectivity index is 1.41. The first-order chi connectivity index (χ1) is 18.0. The van der Waals surface area contributed by atoms with Gasteiger partial charge in [-0.2, -0.15) is 13.2 Å². The molecule has 13 heteroatoms. The van der Waals surface area contributed by atoms with Crippen LogP contribution in [0.1, 0.15) is 40.5 Å². The third-order valence-corrected chi connectivity index (χ3v) is 6.00. The van der Waals surface area contributed by atoms with Gasteiger partial charge < -0.3 is 15.7 Å². The highest BCUT2D eigenvalue weighted by atomic mass is 19.4. The highest BCUT2D eigenvalue weighted by Crippen LogP contribution is 2.29. The van der Waals surface area contributed by atoms with E-state index in [2.05, 4.69) is 15.6 Å². The predicted molar refractivity (Wildman–Crippen MR) is 131 cm³/mol. The number of aryl methyl sites for hydroxylation is 1. The molecule has 0 saturated carbocycles. The van der Waals surface area contributed by atoms with Gasteiger partial charge >= 0.3 is 12.3 Å². The van der Waals surface area contributed by atoms with Crippen LogP contribution in [0.4, 0.5) is 23.7 Å². The monoisotopic (exact) mass is 528 g/mol. The van der Waals surface area contributed by atoms with E-state index in [1.165, 1.54) is 22.9 Å². The lowest BCUT2D eigenvalue weighted by molar-refractivity contribution is -0.137. The summed E-state index contributed by atoms with van der Waals surface area (Å²) in [5, 5.41) is 23.9. The normalized spacial score (nSPS) is 14.4. The molecule has 0 spiro atoms. The van der Waals surface area contributed by atoms with Crippen LogP contribution < -0.4 is 21.5 Å². The summed E-state index contributed by atoms with van der Waals surface area (Å²) in [6.45, 7) is 0.104. The molecule has 0 fully saturated rings. The van der Waals surface area contributed by atoms with E-state index in [0.29, 0.717) is 35.4 Å². The van der Waals surface area contributed by atoms with Gasteiger partial charge in [-0.05, 0) is 29.7 Å². The number of benzene rings is 2. The Kier molecular flexibility index (Phi) is 7.46. The zero-order valence-corrected chi connectivity index (χ0v) is 19.8. The van der Waals surface area contributed by atoms with E-state index in [1.54, 1.807) is 24.3 Å². The lowest BCUT2D eigenvalue weighted by Crippen LogP contribution is -2.36. The highest BCUT2D eigenvalue weighted by molar-refractivity contribution is 6.04. The van der Waals surface area contributed by atoms with Gasteiger partial charge in [0.05, 0.1) is 11.8 Å². The summed E-state index contributed by atoms with van der Waals surface area (Å²) in [6, 6.07) is 10.3. The molecular formula is C25H23F3N6O4. The summed E-state index contributed by atoms with van der Waals surface area (Å²) in [4.78, 5) is 40.9. The highest BCUT2D eigenvalue weighted by Gasteiger charge is 2.32. The van der Waals surface area contributed by atoms with Gasteiger partial charge in [0.15, 0.2) is 0 Å². The smallest absolute Gasteiger partial charge is 0.416 e. The number of hydrogen-bond acceptors (Lipinski definition) is 6. The molecule has 4 rings (SSSR count). The Hall–Kier alpha value is -4.68. The number of amidine groups is 1. The van der Waals surface area contributed by atoms with E-state index >= 15 is 0 Å². The van der Waals surface area contributed by atoms with E-state index in [0.717, 1.165) is 12.1 Å². The van der Waals surface area contributed by atoms with Crippen molar-refractivity contribution in [3.63, 3.8) is 0 Å². The van der Waals surface area contributed by atoms with E-state index in [4.69, 9.17) is 10.5 Å². The van der Waals surface area contributed by atoms with Gasteiger partial charge in [-0.15, -0.1) is 0 Å². The van der Waals surface area contributed by atoms with Gasteiger partial charge in [-0.3, -0.25) is 24.9 Å². The average molecular weight is 528 g/mol. The number of hydrogen-bond donors (Lipinski definition) is 5. The van der Waals surface area contributed by atoms with Gasteiger partial charge in [-0.25, -0.2) is 9.78 Å². The average Bonchev–Trinajstić information content (AvgIpc) is 3.32. The third-order valence-electron chi connectivity index (χ3n) is 6.00. The van der Waals surface area contributed by atoms with Gasteiger partial charge in [-0.1, -0.05) is 36.4 Å². The van der Waals surface area contributed by atoms with Crippen molar-refractivity contribution >= 4 is 23.5 Å². The summed E-state index contributed by atoms with van der Waals surface area (Å²) < 4.78 is 40.2. The molecule has 2 amide bonds. The molecule has 1 aromatic heterocycles. The molecule has 1 atom stereocenters. The van der Waals surface area contributed by atoms with Gasteiger partial charge in [0, 0.05) is 25.1 Å². The first-order valence-electron chi connectivity index (χ1n) is 11.5. The molecule has 0 saturated heterocycles. The van der Waals surface area contributed by atoms with Crippen LogP contribution in [0.15, 0.2) is 59.5 Å². The minimum Gasteiger partial charge on any atom is -0.465 e. The summed E-state index contributed by atoms with van der Waals surface area (Å²) in [7, 11) is 0. The number of aromatic nitrogens is 2. The van der Waals surface area contributed by atoms with Crippen molar-refractivity contribution in [2.24, 2.45) is 0 Å². The maximum Gasteiger partial charge on any atom is 0.416 e. The number of halogens is 3. The number of nitrogens with one attached hydrogen (secondary N) is 4. The number of anilines is 1. The predicted octanol–water partition coefficient (Wildman–Crippen LogP) is 3.27. The number of carboxylic acid groups (broad SMARTS) is 1. The van der Waals surface area contributed by atoms with Crippen molar-refractivity contribution in [2.75, 3.05) is 5.32 Å². The molecule has 0 radical (unpaired) electrons. The fourth-order valence-electron chi connectivity index (χ4n) is 4.10. The van der Waals surface area contributed by atoms with Crippen molar-refractivity contribution in [3.05, 3.63) is 93.2 Å². The maximum absolute atomic E-state index is 13.1. The first kappa shape index (κ1) is 26.4. The zero-order valence-electron chi connectivity index (χ0n) is 19.8. The minimum absolute atomic E-state index is 0.0352. The van der Waals surface area contributed by atoms with Crippen molar-refractivity contribution < 1.29 is 27.9 Å². The quantitative estimate of drug-likeness (QED) is 0.235. The topological polar surface area (TPSA) is 149 Å². The Labute approximate surface area is 214 Å². The van der Waals surface area contributed by atoms with Crippen LogP contribution >= 0.6 is 0 Å². The summed E-state index contributed by atoms with van der Waals surface area (Å²) >= 11 is 0. The molecule has 3 aromatic rings. The van der Waals surface area contributed by atoms with Crippen LogP contribution in [0.2, 0.25) is 0 Å². The number of rotatable bonds is 7. The summed E-state index contributed by atoms with van der Waals surface area (Å²) in [6.07, 6.45) is -3.73. The molecular weight excluding hydrogens is 505 g/mol. The number of nitrogens with zero attached hydrogens (tertiary/aromatic N) is 2. The zero-order chi connectivity index (χ0) is 27.4. The first-order valence-corrected chi connectivity index (χ1v) is 11.5. The van der Waals surface area contributed by atoms with Crippen LogP contribution in [0.3, 0.4) is 0 Å². The minimum atomic E-state index is -4.48. The third kappa shape index (κ3) is 5.99. The molecule has 0 aliphatic carbocycles. The summed E-state index contributed by atoms with van der Waals surface area (Å²) in [5.74, 6) is -0.236. The fraction of sp³-hybridized carbons (Fsp3) is 0.240. The van der Waals surface area contributed by atoms with Crippen LogP contribution in [-0.2, 0) is 30.5 Å². The van der Waals surface area contributed by atoms with Gasteiger partial charge in [0.2, 0.25) is 5.91 Å². The van der Waals surface area contributed by atoms with E-state index in [9.17, 15) is 27.6 Å². The number of carbonyl (C=O) groups is 2. The van der Waals surface area contributed by atoms with Crippen LogP contribution in [0.25, 0.3) is 0 Å². The lowest BCUT2D eigenvalue weighted by Gasteiger charge is -2.16. The SMILES string of the molecule is N=C(NC(=O)O)c1ccc(CNC(=O)[C@@H]2CCc3ncc(NCc4cccc(C(F)(F)F)c4)c(=O)n32)cc1. The number of carbonyl (C=O) groups excluding carboxylic acids is 1. The molecule has 38 heavy (non-hydrogen) atoms. The van der Waals surface area contributed by atoms with Crippen molar-refractivity contribution in [2.45, 2.75) is 38.1 Å². The molecule has 1 aliphatic heterocycles. The maximum atomic E-state index is 13.1.